The monoisotopic (exact) mass is 662 g/mol. The van der Waals surface area contributed by atoms with Gasteiger partial charge in [-0.1, -0.05) is 133 Å². The Morgan fingerprint density at radius 1 is 0.404 bits per heavy atom. The molecule has 52 heavy (non-hydrogen) atoms. The summed E-state index contributed by atoms with van der Waals surface area (Å²) in [6.45, 7) is -0.0692. The zero-order chi connectivity index (χ0) is 34.2. The first-order valence-electron chi connectivity index (χ1n) is 17.9. The summed E-state index contributed by atoms with van der Waals surface area (Å²) in [5.41, 5.74) is 10.5. The number of ether oxygens (including phenoxy) is 1. The summed E-state index contributed by atoms with van der Waals surface area (Å²) < 4.78 is 7.14. The van der Waals surface area contributed by atoms with Crippen LogP contribution in [-0.2, 0) is 0 Å². The first kappa shape index (κ1) is 29.0. The molecule has 242 valence electrons. The number of hydrogen-bond donors (Lipinski definition) is 0. The normalized spacial score (nSPS) is 12.7. The predicted molar refractivity (Wildman–Crippen MR) is 219 cm³/mol. The zero-order valence-corrected chi connectivity index (χ0v) is 28.3. The van der Waals surface area contributed by atoms with E-state index in [4.69, 9.17) is 4.74 Å². The Hall–Kier alpha value is -6.78. The van der Waals surface area contributed by atoms with E-state index in [1.807, 2.05) is 0 Å². The summed E-state index contributed by atoms with van der Waals surface area (Å²) in [5, 5.41) is 7.39. The minimum atomic E-state index is -0.0692. The Balaban J connectivity index is 1.28. The van der Waals surface area contributed by atoms with Gasteiger partial charge in [0, 0.05) is 45.3 Å². The second-order valence-electron chi connectivity index (χ2n) is 13.6. The lowest BCUT2D eigenvalue weighted by molar-refractivity contribution is 0.488. The largest absolute Gasteiger partial charge is 0.458 e. The second-order valence-corrected chi connectivity index (χ2v) is 13.6. The molecule has 3 nitrogen and oxygen atoms in total. The lowest BCUT2D eigenvalue weighted by Gasteiger charge is -2.42. The van der Waals surface area contributed by atoms with Gasteiger partial charge in [-0.2, -0.15) is 0 Å². The van der Waals surface area contributed by atoms with Crippen LogP contribution in [0.4, 0.5) is 34.1 Å². The van der Waals surface area contributed by atoms with Crippen LogP contribution in [0, 0.1) is 0 Å². The highest BCUT2D eigenvalue weighted by molar-refractivity contribution is 7.02. The molecule has 0 spiro atoms. The third kappa shape index (κ3) is 4.15. The first-order valence-corrected chi connectivity index (χ1v) is 17.9. The van der Waals surface area contributed by atoms with Crippen LogP contribution in [0.3, 0.4) is 0 Å². The lowest BCUT2D eigenvalue weighted by Crippen LogP contribution is -2.60. The fraction of sp³-hybridized carbons (Fsp3) is 0. The number of benzene rings is 9. The Labute approximate surface area is 302 Å². The summed E-state index contributed by atoms with van der Waals surface area (Å²) in [4.78, 5) is 4.82. The maximum absolute atomic E-state index is 7.14. The van der Waals surface area contributed by atoms with E-state index in [1.54, 1.807) is 0 Å². The van der Waals surface area contributed by atoms with E-state index in [0.29, 0.717) is 0 Å². The van der Waals surface area contributed by atoms with Gasteiger partial charge in [-0.25, -0.2) is 0 Å². The van der Waals surface area contributed by atoms with Crippen molar-refractivity contribution in [2.45, 2.75) is 0 Å². The standard InChI is InChI=1S/C48H31BN2O/c1-4-17-32(18-5-1)50(33-19-6-2-7-20-33)42-31-44-45(39-27-14-12-25-37(39)42)49-46-38-26-13-10-23-35(38)36-24-11-15-28-40(36)48(46)51(34-21-8-3-9-22-34)41-29-16-30-43(52-44)47(41)49/h1-31H. The molecule has 0 saturated carbocycles. The van der Waals surface area contributed by atoms with E-state index in [2.05, 4.69) is 198 Å². The van der Waals surface area contributed by atoms with Crippen molar-refractivity contribution in [1.82, 2.24) is 0 Å². The van der Waals surface area contributed by atoms with E-state index < -0.39 is 0 Å². The van der Waals surface area contributed by atoms with E-state index in [0.717, 1.165) is 39.9 Å². The average molecular weight is 663 g/mol. The molecule has 0 N–H and O–H groups in total. The van der Waals surface area contributed by atoms with Crippen molar-refractivity contribution in [3.05, 3.63) is 188 Å². The van der Waals surface area contributed by atoms with Gasteiger partial charge in [-0.3, -0.25) is 0 Å². The molecule has 0 unspecified atom stereocenters. The summed E-state index contributed by atoms with van der Waals surface area (Å²) in [6, 6.07) is 67.6. The molecule has 0 radical (unpaired) electrons. The van der Waals surface area contributed by atoms with Gasteiger partial charge in [0.25, 0.3) is 6.71 Å². The highest BCUT2D eigenvalue weighted by Crippen LogP contribution is 2.48. The lowest BCUT2D eigenvalue weighted by atomic mass is 9.33. The number of hydrogen-bond acceptors (Lipinski definition) is 3. The zero-order valence-electron chi connectivity index (χ0n) is 28.3. The van der Waals surface area contributed by atoms with Crippen LogP contribution < -0.4 is 30.9 Å². The highest BCUT2D eigenvalue weighted by atomic mass is 16.5. The molecule has 9 aromatic rings. The van der Waals surface area contributed by atoms with Crippen LogP contribution in [0.2, 0.25) is 0 Å². The van der Waals surface area contributed by atoms with Crippen molar-refractivity contribution in [2.75, 3.05) is 9.80 Å². The SMILES string of the molecule is c1ccc(N(c2ccccc2)c2cc3c(c4ccccc24)B2c4c(cccc4N(c4ccccc4)c4c2c2ccccc2c2ccccc42)O3)cc1. The molecule has 0 aliphatic carbocycles. The molecule has 4 heteroatoms. The Morgan fingerprint density at radius 2 is 0.923 bits per heavy atom. The molecule has 0 bridgehead atoms. The van der Waals surface area contributed by atoms with Gasteiger partial charge in [0.05, 0.1) is 5.69 Å². The molecule has 9 aromatic carbocycles. The fourth-order valence-electron chi connectivity index (χ4n) is 8.81. The number of anilines is 6. The Morgan fingerprint density at radius 3 is 1.58 bits per heavy atom. The number of nitrogens with zero attached hydrogens (tertiary/aromatic N) is 2. The van der Waals surface area contributed by atoms with Gasteiger partial charge >= 0.3 is 0 Å². The predicted octanol–water partition coefficient (Wildman–Crippen LogP) is 11.0. The molecule has 0 amide bonds. The van der Waals surface area contributed by atoms with E-state index in [9.17, 15) is 0 Å². The van der Waals surface area contributed by atoms with Crippen LogP contribution in [-0.4, -0.2) is 6.71 Å². The first-order chi connectivity index (χ1) is 25.8. The van der Waals surface area contributed by atoms with Crippen LogP contribution in [0.25, 0.3) is 32.3 Å². The molecule has 2 heterocycles. The number of fused-ring (bicyclic) bond motifs is 11. The summed E-state index contributed by atoms with van der Waals surface area (Å²) in [7, 11) is 0. The molecular formula is C48H31BN2O. The minimum Gasteiger partial charge on any atom is -0.458 e. The van der Waals surface area contributed by atoms with Crippen molar-refractivity contribution in [2.24, 2.45) is 0 Å². The smallest absolute Gasteiger partial charge is 0.258 e. The molecule has 0 saturated heterocycles. The quantitative estimate of drug-likeness (QED) is 0.138. The Kier molecular flexibility index (Phi) is 6.35. The van der Waals surface area contributed by atoms with Crippen LogP contribution >= 0.6 is 0 Å². The molecule has 0 atom stereocenters. The van der Waals surface area contributed by atoms with Gasteiger partial charge in [-0.15, -0.1) is 0 Å². The van der Waals surface area contributed by atoms with Crippen molar-refractivity contribution >= 4 is 89.5 Å². The summed E-state index contributed by atoms with van der Waals surface area (Å²) in [6.07, 6.45) is 0. The minimum absolute atomic E-state index is 0.0692. The summed E-state index contributed by atoms with van der Waals surface area (Å²) >= 11 is 0. The topological polar surface area (TPSA) is 15.7 Å². The Bertz CT molecular complexity index is 2800. The maximum Gasteiger partial charge on any atom is 0.258 e. The van der Waals surface area contributed by atoms with Crippen LogP contribution in [0.5, 0.6) is 11.5 Å². The fourth-order valence-corrected chi connectivity index (χ4v) is 8.81. The van der Waals surface area contributed by atoms with E-state index in [1.165, 1.54) is 54.4 Å². The van der Waals surface area contributed by atoms with E-state index in [-0.39, 0.29) is 6.71 Å². The third-order valence-corrected chi connectivity index (χ3v) is 10.8. The number of para-hydroxylation sites is 3. The van der Waals surface area contributed by atoms with Gasteiger partial charge in [0.15, 0.2) is 0 Å². The van der Waals surface area contributed by atoms with Gasteiger partial charge in [-0.05, 0) is 86.5 Å². The van der Waals surface area contributed by atoms with Crippen molar-refractivity contribution in [3.63, 3.8) is 0 Å². The molecule has 2 aliphatic rings. The van der Waals surface area contributed by atoms with Crippen LogP contribution in [0.15, 0.2) is 188 Å². The molecule has 0 fully saturated rings. The van der Waals surface area contributed by atoms with Gasteiger partial charge in [0.2, 0.25) is 0 Å². The van der Waals surface area contributed by atoms with Gasteiger partial charge < -0.3 is 14.5 Å². The van der Waals surface area contributed by atoms with Crippen molar-refractivity contribution < 1.29 is 4.74 Å². The molecule has 2 aliphatic heterocycles. The van der Waals surface area contributed by atoms with Crippen molar-refractivity contribution in [1.29, 1.82) is 0 Å². The van der Waals surface area contributed by atoms with Crippen LogP contribution in [0.1, 0.15) is 0 Å². The molecule has 11 rings (SSSR count). The third-order valence-electron chi connectivity index (χ3n) is 10.8. The second kappa shape index (κ2) is 11.4. The molecule has 0 aromatic heterocycles. The van der Waals surface area contributed by atoms with Gasteiger partial charge in [0.1, 0.15) is 11.5 Å². The maximum atomic E-state index is 7.14. The van der Waals surface area contributed by atoms with Crippen molar-refractivity contribution in [3.8, 4) is 11.5 Å². The summed E-state index contributed by atoms with van der Waals surface area (Å²) in [5.74, 6) is 1.78. The highest BCUT2D eigenvalue weighted by Gasteiger charge is 2.44. The number of rotatable bonds is 4. The average Bonchev–Trinajstić information content (AvgIpc) is 3.22. The molecular weight excluding hydrogens is 631 g/mol. The van der Waals surface area contributed by atoms with E-state index >= 15 is 0 Å².